The SMILES string of the molecule is COc1ccc(C2=C(c3ccc(OC)cc3)[C@]3(c4ccccc4)C(=O)[C@]2(c2ccccc2)[C@@H]2C(=O)N(c4ccccc4C)C(=O)[C@@H]23)cc1. The molecule has 6 nitrogen and oxygen atoms in total. The molecule has 0 radical (unpaired) electrons. The van der Waals surface area contributed by atoms with Crippen LogP contribution >= 0.6 is 0 Å². The van der Waals surface area contributed by atoms with Gasteiger partial charge >= 0.3 is 0 Å². The number of nitrogens with zero attached hydrogens (tertiary/aromatic N) is 1. The number of benzene rings is 5. The first-order valence-corrected chi connectivity index (χ1v) is 16.0. The van der Waals surface area contributed by atoms with Gasteiger partial charge < -0.3 is 9.47 Å². The summed E-state index contributed by atoms with van der Waals surface area (Å²) in [6.45, 7) is 1.90. The molecule has 5 aromatic carbocycles. The Morgan fingerprint density at radius 2 is 0.917 bits per heavy atom. The molecule has 0 spiro atoms. The van der Waals surface area contributed by atoms with Gasteiger partial charge in [-0.3, -0.25) is 14.4 Å². The molecule has 0 aromatic heterocycles. The van der Waals surface area contributed by atoms with Gasteiger partial charge in [-0.15, -0.1) is 0 Å². The average molecular weight is 632 g/mol. The third kappa shape index (κ3) is 3.71. The lowest BCUT2D eigenvalue weighted by atomic mass is 9.59. The van der Waals surface area contributed by atoms with Crippen molar-refractivity contribution in [1.29, 1.82) is 0 Å². The zero-order chi connectivity index (χ0) is 33.2. The fourth-order valence-electron chi connectivity index (χ4n) is 8.69. The summed E-state index contributed by atoms with van der Waals surface area (Å²) < 4.78 is 11.0. The molecule has 6 heteroatoms. The quantitative estimate of drug-likeness (QED) is 0.178. The first kappa shape index (κ1) is 29.6. The normalized spacial score (nSPS) is 24.3. The van der Waals surface area contributed by atoms with Gasteiger partial charge in [0.15, 0.2) is 5.78 Å². The number of methoxy groups -OCH3 is 2. The molecule has 1 heterocycles. The van der Waals surface area contributed by atoms with E-state index in [-0.39, 0.29) is 17.6 Å². The van der Waals surface area contributed by atoms with E-state index >= 15 is 14.4 Å². The van der Waals surface area contributed by atoms with Crippen molar-refractivity contribution < 1.29 is 23.9 Å². The Morgan fingerprint density at radius 1 is 0.521 bits per heavy atom. The van der Waals surface area contributed by atoms with Crippen LogP contribution in [-0.4, -0.2) is 31.8 Å². The van der Waals surface area contributed by atoms with Gasteiger partial charge in [-0.2, -0.15) is 0 Å². The van der Waals surface area contributed by atoms with Crippen LogP contribution in [0, 0.1) is 18.8 Å². The molecule has 2 aliphatic carbocycles. The number of amides is 2. The Morgan fingerprint density at radius 3 is 1.31 bits per heavy atom. The minimum atomic E-state index is -1.48. The van der Waals surface area contributed by atoms with E-state index in [9.17, 15) is 0 Å². The lowest BCUT2D eigenvalue weighted by Gasteiger charge is -2.39. The Bertz CT molecular complexity index is 1990. The Hall–Kier alpha value is -5.75. The van der Waals surface area contributed by atoms with Gasteiger partial charge in [-0.05, 0) is 76.2 Å². The van der Waals surface area contributed by atoms with Crippen molar-refractivity contribution in [3.63, 3.8) is 0 Å². The number of carbonyl (C=O) groups is 3. The zero-order valence-corrected chi connectivity index (χ0v) is 26.8. The van der Waals surface area contributed by atoms with Crippen molar-refractivity contribution in [2.75, 3.05) is 19.1 Å². The smallest absolute Gasteiger partial charge is 0.239 e. The molecule has 236 valence electrons. The molecule has 48 heavy (non-hydrogen) atoms. The number of fused-ring (bicyclic) bond motifs is 5. The van der Waals surface area contributed by atoms with E-state index in [0.29, 0.717) is 28.3 Å². The number of allylic oxidation sites excluding steroid dienone is 2. The lowest BCUT2D eigenvalue weighted by Crippen LogP contribution is -2.45. The fraction of sp³-hybridized carbons (Fsp3) is 0.167. The van der Waals surface area contributed by atoms with Crippen molar-refractivity contribution in [2.45, 2.75) is 17.8 Å². The van der Waals surface area contributed by atoms with Crippen molar-refractivity contribution >= 4 is 34.4 Å². The van der Waals surface area contributed by atoms with Gasteiger partial charge in [0.25, 0.3) is 0 Å². The minimum Gasteiger partial charge on any atom is -0.497 e. The van der Waals surface area contributed by atoms with Gasteiger partial charge in [0.05, 0.1) is 42.6 Å². The van der Waals surface area contributed by atoms with E-state index in [1.165, 1.54) is 4.90 Å². The number of carbonyl (C=O) groups excluding carboxylic acids is 3. The maximum absolute atomic E-state index is 16.0. The van der Waals surface area contributed by atoms with Crippen LogP contribution in [0.25, 0.3) is 11.1 Å². The van der Waals surface area contributed by atoms with Crippen LogP contribution in [0.3, 0.4) is 0 Å². The second kappa shape index (κ2) is 10.9. The van der Waals surface area contributed by atoms with Gasteiger partial charge in [0, 0.05) is 0 Å². The molecule has 1 saturated carbocycles. The summed E-state index contributed by atoms with van der Waals surface area (Å²) in [6.07, 6.45) is 0. The van der Waals surface area contributed by atoms with Gasteiger partial charge in [0.2, 0.25) is 11.8 Å². The van der Waals surface area contributed by atoms with E-state index < -0.39 is 22.7 Å². The van der Waals surface area contributed by atoms with E-state index in [1.807, 2.05) is 140 Å². The molecule has 3 aliphatic rings. The molecule has 4 atom stereocenters. The Labute approximate surface area is 279 Å². The second-order valence-electron chi connectivity index (χ2n) is 12.6. The van der Waals surface area contributed by atoms with E-state index in [2.05, 4.69) is 0 Å². The summed E-state index contributed by atoms with van der Waals surface area (Å²) in [5, 5.41) is 0. The van der Waals surface area contributed by atoms with Crippen LogP contribution < -0.4 is 14.4 Å². The highest BCUT2D eigenvalue weighted by Gasteiger charge is 2.82. The standard InChI is InChI=1S/C42H33NO5/c1-26-12-10-11-17-33(26)43-38(44)36-37(39(43)45)42(30-15-8-5-9-16-30)35(28-20-24-32(48-3)25-21-28)34(27-18-22-31(47-2)23-19-27)41(36,40(42)46)29-13-6-4-7-14-29/h4-25,36-37H,1-3H3/t36-,37+,41-,42-/m0/s1. The maximum atomic E-state index is 16.0. The van der Waals surface area contributed by atoms with Gasteiger partial charge in [-0.25, -0.2) is 4.90 Å². The molecule has 1 saturated heterocycles. The number of hydrogen-bond donors (Lipinski definition) is 0. The van der Waals surface area contributed by atoms with E-state index in [4.69, 9.17) is 9.47 Å². The third-order valence-electron chi connectivity index (χ3n) is 10.6. The lowest BCUT2D eigenvalue weighted by molar-refractivity contribution is -0.130. The van der Waals surface area contributed by atoms with Crippen LogP contribution in [-0.2, 0) is 25.2 Å². The molecule has 5 aromatic rings. The molecule has 2 fully saturated rings. The molecule has 2 amide bonds. The highest BCUT2D eigenvalue weighted by molar-refractivity contribution is 6.39. The van der Waals surface area contributed by atoms with Crippen molar-refractivity contribution in [1.82, 2.24) is 0 Å². The maximum Gasteiger partial charge on any atom is 0.239 e. The van der Waals surface area contributed by atoms with Crippen molar-refractivity contribution in [3.8, 4) is 11.5 Å². The number of imide groups is 1. The summed E-state index contributed by atoms with van der Waals surface area (Å²) in [5.41, 5.74) is 2.78. The van der Waals surface area contributed by atoms with Crippen LogP contribution in [0.15, 0.2) is 133 Å². The predicted molar refractivity (Wildman–Crippen MR) is 185 cm³/mol. The Balaban J connectivity index is 1.55. The number of aryl methyl sites for hydroxylation is 1. The summed E-state index contributed by atoms with van der Waals surface area (Å²) in [4.78, 5) is 47.6. The number of para-hydroxylation sites is 1. The first-order chi connectivity index (χ1) is 23.4. The summed E-state index contributed by atoms with van der Waals surface area (Å²) in [6, 6.07) is 41.8. The van der Waals surface area contributed by atoms with Crippen LogP contribution in [0.1, 0.15) is 27.8 Å². The van der Waals surface area contributed by atoms with Crippen LogP contribution in [0.4, 0.5) is 5.69 Å². The number of Topliss-reactive ketones (excluding diaryl/α,β-unsaturated/α-hetero) is 1. The number of rotatable bonds is 7. The van der Waals surface area contributed by atoms with Crippen LogP contribution in [0.2, 0.25) is 0 Å². The number of anilines is 1. The number of hydrogen-bond acceptors (Lipinski definition) is 5. The van der Waals surface area contributed by atoms with Crippen molar-refractivity contribution in [3.05, 3.63) is 161 Å². The molecule has 8 rings (SSSR count). The summed E-state index contributed by atoms with van der Waals surface area (Å²) in [5.74, 6) is -1.53. The monoisotopic (exact) mass is 631 g/mol. The largest absolute Gasteiger partial charge is 0.497 e. The second-order valence-corrected chi connectivity index (χ2v) is 12.6. The number of ketones is 1. The zero-order valence-electron chi connectivity index (χ0n) is 26.8. The molecule has 2 bridgehead atoms. The molecule has 1 aliphatic heterocycles. The van der Waals surface area contributed by atoms with Gasteiger partial charge in [0.1, 0.15) is 11.5 Å². The summed E-state index contributed by atoms with van der Waals surface area (Å²) in [7, 11) is 3.23. The molecule has 0 N–H and O–H groups in total. The van der Waals surface area contributed by atoms with E-state index in [0.717, 1.165) is 27.8 Å². The third-order valence-corrected chi connectivity index (χ3v) is 10.6. The highest BCUT2D eigenvalue weighted by atomic mass is 16.5. The molecule has 0 unspecified atom stereocenters. The fourth-order valence-corrected chi connectivity index (χ4v) is 8.69. The molecular weight excluding hydrogens is 598 g/mol. The first-order valence-electron chi connectivity index (χ1n) is 16.0. The molecular formula is C42H33NO5. The Kier molecular flexibility index (Phi) is 6.74. The summed E-state index contributed by atoms with van der Waals surface area (Å²) >= 11 is 0. The highest BCUT2D eigenvalue weighted by Crippen LogP contribution is 2.74. The number of ether oxygens (including phenoxy) is 2. The van der Waals surface area contributed by atoms with Gasteiger partial charge in [-0.1, -0.05) is 103 Å². The van der Waals surface area contributed by atoms with E-state index in [1.54, 1.807) is 14.2 Å². The predicted octanol–water partition coefficient (Wildman–Crippen LogP) is 7.20. The van der Waals surface area contributed by atoms with Crippen LogP contribution in [0.5, 0.6) is 11.5 Å². The topological polar surface area (TPSA) is 72.9 Å². The average Bonchev–Trinajstić information content (AvgIpc) is 3.64. The minimum absolute atomic E-state index is 0.162. The van der Waals surface area contributed by atoms with Crippen molar-refractivity contribution in [2.24, 2.45) is 11.8 Å².